The Kier molecular flexibility index (Phi) is 4.92. The molecule has 1 aromatic carbocycles. The van der Waals surface area contributed by atoms with E-state index in [0.29, 0.717) is 30.6 Å². The SMILES string of the molecule is CC1CC(C)CN(S(=O)(=O)c2cn(-c3ccccc3)nc2-c2cccs2)C1. The molecule has 2 atom stereocenters. The smallest absolute Gasteiger partial charge is 0.239 e. The number of para-hydroxylation sites is 1. The molecule has 1 aliphatic rings. The number of hydrogen-bond donors (Lipinski definition) is 0. The van der Waals surface area contributed by atoms with Gasteiger partial charge in [-0.1, -0.05) is 38.1 Å². The van der Waals surface area contributed by atoms with E-state index in [1.54, 1.807) is 15.2 Å². The summed E-state index contributed by atoms with van der Waals surface area (Å²) in [5, 5.41) is 6.59. The van der Waals surface area contributed by atoms with Gasteiger partial charge in [-0.25, -0.2) is 13.1 Å². The molecule has 4 rings (SSSR count). The van der Waals surface area contributed by atoms with Crippen LogP contribution in [0.2, 0.25) is 0 Å². The average Bonchev–Trinajstić information content (AvgIpc) is 3.31. The van der Waals surface area contributed by atoms with Crippen LogP contribution in [0.4, 0.5) is 0 Å². The summed E-state index contributed by atoms with van der Waals surface area (Å²) in [5.74, 6) is 0.718. The number of hydrogen-bond acceptors (Lipinski definition) is 4. The number of sulfonamides is 1. The van der Waals surface area contributed by atoms with Crippen LogP contribution in [0.25, 0.3) is 16.3 Å². The monoisotopic (exact) mass is 401 g/mol. The maximum Gasteiger partial charge on any atom is 0.246 e. The number of benzene rings is 1. The zero-order valence-corrected chi connectivity index (χ0v) is 17.1. The Morgan fingerprint density at radius 2 is 1.74 bits per heavy atom. The highest BCUT2D eigenvalue weighted by Gasteiger charge is 2.35. The van der Waals surface area contributed by atoms with E-state index in [2.05, 4.69) is 18.9 Å². The van der Waals surface area contributed by atoms with Gasteiger partial charge in [-0.3, -0.25) is 0 Å². The van der Waals surface area contributed by atoms with Gasteiger partial charge in [0, 0.05) is 13.1 Å². The molecule has 2 unspecified atom stereocenters. The molecule has 0 spiro atoms. The molecule has 0 aliphatic carbocycles. The highest BCUT2D eigenvalue weighted by atomic mass is 32.2. The molecule has 0 saturated carbocycles. The molecule has 1 saturated heterocycles. The van der Waals surface area contributed by atoms with Crippen LogP contribution in [-0.2, 0) is 10.0 Å². The summed E-state index contributed by atoms with van der Waals surface area (Å²) in [5.41, 5.74) is 1.37. The predicted molar refractivity (Wildman–Crippen MR) is 109 cm³/mol. The van der Waals surface area contributed by atoms with Crippen molar-refractivity contribution in [2.75, 3.05) is 13.1 Å². The fourth-order valence-corrected chi connectivity index (χ4v) is 6.38. The molecule has 142 valence electrons. The summed E-state index contributed by atoms with van der Waals surface area (Å²) in [6, 6.07) is 13.5. The molecule has 5 nitrogen and oxygen atoms in total. The van der Waals surface area contributed by atoms with Crippen LogP contribution in [0.5, 0.6) is 0 Å². The molecule has 27 heavy (non-hydrogen) atoms. The summed E-state index contributed by atoms with van der Waals surface area (Å²) < 4.78 is 30.3. The molecular formula is C20H23N3O2S2. The topological polar surface area (TPSA) is 55.2 Å². The highest BCUT2D eigenvalue weighted by Crippen LogP contribution is 2.34. The van der Waals surface area contributed by atoms with Crippen LogP contribution < -0.4 is 0 Å². The Bertz CT molecular complexity index is 1000. The lowest BCUT2D eigenvalue weighted by Crippen LogP contribution is -2.42. The third kappa shape index (κ3) is 3.59. The minimum atomic E-state index is -3.62. The Labute approximate surface area is 164 Å². The van der Waals surface area contributed by atoms with Gasteiger partial charge < -0.3 is 0 Å². The van der Waals surface area contributed by atoms with E-state index in [4.69, 9.17) is 0 Å². The first-order valence-electron chi connectivity index (χ1n) is 9.14. The van der Waals surface area contributed by atoms with Crippen molar-refractivity contribution in [2.24, 2.45) is 11.8 Å². The molecule has 3 heterocycles. The summed E-state index contributed by atoms with van der Waals surface area (Å²) in [6.45, 7) is 5.36. The number of thiophene rings is 1. The van der Waals surface area contributed by atoms with Crippen LogP contribution in [0, 0.1) is 11.8 Å². The first-order chi connectivity index (χ1) is 12.9. The molecule has 1 aliphatic heterocycles. The Balaban J connectivity index is 1.82. The Morgan fingerprint density at radius 1 is 1.04 bits per heavy atom. The van der Waals surface area contributed by atoms with E-state index < -0.39 is 10.0 Å². The van der Waals surface area contributed by atoms with Crippen LogP contribution in [-0.4, -0.2) is 35.6 Å². The maximum absolute atomic E-state index is 13.5. The molecule has 2 aromatic heterocycles. The fraction of sp³-hybridized carbons (Fsp3) is 0.350. The number of piperidine rings is 1. The fourth-order valence-electron chi connectivity index (χ4n) is 3.78. The predicted octanol–water partition coefficient (Wildman–Crippen LogP) is 4.27. The van der Waals surface area contributed by atoms with Crippen LogP contribution in [0.15, 0.2) is 58.9 Å². The van der Waals surface area contributed by atoms with Crippen molar-refractivity contribution in [3.63, 3.8) is 0 Å². The largest absolute Gasteiger partial charge is 0.246 e. The minimum absolute atomic E-state index is 0.287. The first-order valence-corrected chi connectivity index (χ1v) is 11.5. The van der Waals surface area contributed by atoms with Gasteiger partial charge in [-0.2, -0.15) is 9.40 Å². The molecule has 0 N–H and O–H groups in total. The van der Waals surface area contributed by atoms with Crippen molar-refractivity contribution in [3.8, 4) is 16.3 Å². The lowest BCUT2D eigenvalue weighted by atomic mass is 9.94. The molecule has 3 aromatic rings. The van der Waals surface area contributed by atoms with Gasteiger partial charge in [0.1, 0.15) is 10.6 Å². The van der Waals surface area contributed by atoms with Crippen molar-refractivity contribution in [3.05, 3.63) is 54.0 Å². The molecule has 0 bridgehead atoms. The quantitative estimate of drug-likeness (QED) is 0.656. The second-order valence-corrected chi connectivity index (χ2v) is 10.2. The van der Waals surface area contributed by atoms with E-state index in [0.717, 1.165) is 17.0 Å². The molecule has 7 heteroatoms. The lowest BCUT2D eigenvalue weighted by Gasteiger charge is -2.33. The van der Waals surface area contributed by atoms with E-state index in [1.807, 2.05) is 47.8 Å². The number of nitrogens with zero attached hydrogens (tertiary/aromatic N) is 3. The second-order valence-electron chi connectivity index (χ2n) is 7.37. The average molecular weight is 402 g/mol. The van der Waals surface area contributed by atoms with Crippen LogP contribution in [0.3, 0.4) is 0 Å². The molecule has 0 radical (unpaired) electrons. The van der Waals surface area contributed by atoms with E-state index >= 15 is 0 Å². The number of aromatic nitrogens is 2. The van der Waals surface area contributed by atoms with Crippen molar-refractivity contribution >= 4 is 21.4 Å². The van der Waals surface area contributed by atoms with Gasteiger partial charge in [0.15, 0.2) is 0 Å². The third-order valence-corrected chi connectivity index (χ3v) is 7.62. The van der Waals surface area contributed by atoms with Gasteiger partial charge in [0.2, 0.25) is 10.0 Å². The minimum Gasteiger partial charge on any atom is -0.239 e. The van der Waals surface area contributed by atoms with Crippen molar-refractivity contribution in [1.29, 1.82) is 0 Å². The Hall–Kier alpha value is -1.96. The van der Waals surface area contributed by atoms with Crippen molar-refractivity contribution < 1.29 is 8.42 Å². The van der Waals surface area contributed by atoms with Gasteiger partial charge in [0.25, 0.3) is 0 Å². The summed E-state index contributed by atoms with van der Waals surface area (Å²) >= 11 is 1.50. The van der Waals surface area contributed by atoms with E-state index in [1.165, 1.54) is 11.3 Å². The van der Waals surface area contributed by atoms with Gasteiger partial charge in [0.05, 0.1) is 16.8 Å². The zero-order valence-electron chi connectivity index (χ0n) is 15.4. The zero-order chi connectivity index (χ0) is 19.0. The maximum atomic E-state index is 13.5. The van der Waals surface area contributed by atoms with Gasteiger partial charge in [-0.05, 0) is 41.8 Å². The second kappa shape index (κ2) is 7.22. The standard InChI is InChI=1S/C20H23N3O2S2/c1-15-11-16(2)13-22(12-15)27(24,25)19-14-23(17-7-4-3-5-8-17)21-20(19)18-9-6-10-26-18/h3-10,14-16H,11-13H2,1-2H3. The Morgan fingerprint density at radius 3 is 2.37 bits per heavy atom. The first kappa shape index (κ1) is 18.4. The third-order valence-electron chi connectivity index (χ3n) is 4.91. The van der Waals surface area contributed by atoms with Crippen molar-refractivity contribution in [2.45, 2.75) is 25.2 Å². The van der Waals surface area contributed by atoms with Crippen molar-refractivity contribution in [1.82, 2.24) is 14.1 Å². The molecular weight excluding hydrogens is 378 g/mol. The van der Waals surface area contributed by atoms with E-state index in [-0.39, 0.29) is 4.90 Å². The lowest BCUT2D eigenvalue weighted by molar-refractivity contribution is 0.222. The molecule has 0 amide bonds. The van der Waals surface area contributed by atoms with Crippen LogP contribution >= 0.6 is 11.3 Å². The van der Waals surface area contributed by atoms with Gasteiger partial charge >= 0.3 is 0 Å². The highest BCUT2D eigenvalue weighted by molar-refractivity contribution is 7.89. The summed E-state index contributed by atoms with van der Waals surface area (Å²) in [7, 11) is -3.62. The van der Waals surface area contributed by atoms with Crippen LogP contribution in [0.1, 0.15) is 20.3 Å². The summed E-state index contributed by atoms with van der Waals surface area (Å²) in [6.07, 6.45) is 2.72. The molecule has 1 fully saturated rings. The summed E-state index contributed by atoms with van der Waals surface area (Å²) in [4.78, 5) is 1.15. The van der Waals surface area contributed by atoms with Gasteiger partial charge in [-0.15, -0.1) is 11.3 Å². The van der Waals surface area contributed by atoms with E-state index in [9.17, 15) is 8.42 Å². The number of rotatable bonds is 4. The normalized spacial score (nSPS) is 21.4.